The molecular weight excluding hydrogens is 218 g/mol. The van der Waals surface area contributed by atoms with E-state index in [-0.39, 0.29) is 0 Å². The average molecular weight is 231 g/mol. The van der Waals surface area contributed by atoms with Crippen LogP contribution in [0.5, 0.6) is 0 Å². The number of hydrogen-bond acceptors (Lipinski definition) is 4. The minimum Gasteiger partial charge on any atom is -0.325 e. The van der Waals surface area contributed by atoms with Crippen molar-refractivity contribution in [3.63, 3.8) is 0 Å². The molecule has 82 valence electrons. The van der Waals surface area contributed by atoms with Crippen molar-refractivity contribution in [2.24, 2.45) is 5.73 Å². The Hall–Kier alpha value is -1.39. The molecule has 0 spiro atoms. The fraction of sp³-hybridized carbons (Fsp3) is 0.167. The van der Waals surface area contributed by atoms with Crippen molar-refractivity contribution in [3.05, 3.63) is 54.0 Å². The van der Waals surface area contributed by atoms with Gasteiger partial charge in [0.25, 0.3) is 0 Å². The van der Waals surface area contributed by atoms with Gasteiger partial charge in [0, 0.05) is 24.7 Å². The predicted molar refractivity (Wildman–Crippen MR) is 65.9 cm³/mol. The smallest absolute Gasteiger partial charge is 0.0963 e. The first-order valence-corrected chi connectivity index (χ1v) is 6.05. The molecule has 16 heavy (non-hydrogen) atoms. The predicted octanol–water partition coefficient (Wildman–Crippen LogP) is 2.23. The highest BCUT2D eigenvalue weighted by Gasteiger charge is 1.98. The van der Waals surface area contributed by atoms with Gasteiger partial charge in [-0.3, -0.25) is 4.98 Å². The van der Waals surface area contributed by atoms with E-state index in [9.17, 15) is 0 Å². The van der Waals surface area contributed by atoms with Gasteiger partial charge in [0.1, 0.15) is 0 Å². The highest BCUT2D eigenvalue weighted by atomic mass is 32.2. The number of aromatic nitrogens is 2. The monoisotopic (exact) mass is 231 g/mol. The Balaban J connectivity index is 1.99. The van der Waals surface area contributed by atoms with E-state index in [1.54, 1.807) is 24.2 Å². The van der Waals surface area contributed by atoms with Gasteiger partial charge in [-0.25, -0.2) is 4.98 Å². The van der Waals surface area contributed by atoms with Crippen molar-refractivity contribution >= 4 is 11.8 Å². The second-order valence-electron chi connectivity index (χ2n) is 3.32. The molecule has 0 atom stereocenters. The van der Waals surface area contributed by atoms with E-state index >= 15 is 0 Å². The highest BCUT2D eigenvalue weighted by Crippen LogP contribution is 2.19. The van der Waals surface area contributed by atoms with Crippen LogP contribution in [0.1, 0.15) is 11.3 Å². The Bertz CT molecular complexity index is 445. The first kappa shape index (κ1) is 11.1. The third-order valence-corrected chi connectivity index (χ3v) is 3.13. The van der Waals surface area contributed by atoms with Gasteiger partial charge in [-0.15, -0.1) is 11.8 Å². The lowest BCUT2D eigenvalue weighted by atomic mass is 10.2. The topological polar surface area (TPSA) is 51.8 Å². The second-order valence-corrected chi connectivity index (χ2v) is 4.31. The molecule has 4 heteroatoms. The molecule has 0 aliphatic carbocycles. The van der Waals surface area contributed by atoms with E-state index in [1.807, 2.05) is 30.3 Å². The van der Waals surface area contributed by atoms with Crippen LogP contribution in [0, 0.1) is 0 Å². The molecular formula is C12H13N3S. The summed E-state index contributed by atoms with van der Waals surface area (Å²) >= 11 is 1.71. The van der Waals surface area contributed by atoms with Gasteiger partial charge in [0.2, 0.25) is 0 Å². The maximum absolute atomic E-state index is 5.54. The maximum Gasteiger partial charge on any atom is 0.0963 e. The SMILES string of the molecule is NCc1cc(CSc2ccccn2)ccn1. The Labute approximate surface area is 99.1 Å². The molecule has 0 amide bonds. The van der Waals surface area contributed by atoms with E-state index < -0.39 is 0 Å². The molecule has 0 unspecified atom stereocenters. The summed E-state index contributed by atoms with van der Waals surface area (Å²) in [7, 11) is 0. The fourth-order valence-corrected chi connectivity index (χ4v) is 2.12. The molecule has 2 heterocycles. The van der Waals surface area contributed by atoms with Gasteiger partial charge in [0.05, 0.1) is 10.7 Å². The molecule has 0 fully saturated rings. The summed E-state index contributed by atoms with van der Waals surface area (Å²) in [5, 5.41) is 1.04. The van der Waals surface area contributed by atoms with Gasteiger partial charge in [-0.2, -0.15) is 0 Å². The molecule has 0 aromatic carbocycles. The van der Waals surface area contributed by atoms with Crippen LogP contribution >= 0.6 is 11.8 Å². The zero-order chi connectivity index (χ0) is 11.2. The lowest BCUT2D eigenvalue weighted by Gasteiger charge is -2.02. The molecule has 2 rings (SSSR count). The quantitative estimate of drug-likeness (QED) is 0.820. The molecule has 0 aliphatic rings. The summed E-state index contributed by atoms with van der Waals surface area (Å²) in [6.45, 7) is 0.488. The molecule has 2 aromatic rings. The van der Waals surface area contributed by atoms with Crippen LogP contribution in [-0.4, -0.2) is 9.97 Å². The van der Waals surface area contributed by atoms with Crippen LogP contribution in [0.4, 0.5) is 0 Å². The van der Waals surface area contributed by atoms with Gasteiger partial charge in [-0.05, 0) is 29.8 Å². The summed E-state index contributed by atoms with van der Waals surface area (Å²) in [6, 6.07) is 9.97. The molecule has 3 nitrogen and oxygen atoms in total. The zero-order valence-electron chi connectivity index (χ0n) is 8.84. The molecule has 0 radical (unpaired) electrons. The molecule has 0 aliphatic heterocycles. The van der Waals surface area contributed by atoms with Gasteiger partial charge < -0.3 is 5.73 Å². The minimum atomic E-state index is 0.488. The lowest BCUT2D eigenvalue weighted by molar-refractivity contribution is 0.983. The number of rotatable bonds is 4. The Kier molecular flexibility index (Phi) is 3.91. The molecule has 2 aromatic heterocycles. The Morgan fingerprint density at radius 3 is 2.81 bits per heavy atom. The summed E-state index contributed by atoms with van der Waals surface area (Å²) in [5.41, 5.74) is 7.70. The number of pyridine rings is 2. The number of nitrogens with zero attached hydrogens (tertiary/aromatic N) is 2. The highest BCUT2D eigenvalue weighted by molar-refractivity contribution is 7.98. The number of thioether (sulfide) groups is 1. The van der Waals surface area contributed by atoms with Gasteiger partial charge in [-0.1, -0.05) is 6.07 Å². The first-order chi connectivity index (χ1) is 7.88. The third kappa shape index (κ3) is 3.05. The van der Waals surface area contributed by atoms with Crippen molar-refractivity contribution in [3.8, 4) is 0 Å². The zero-order valence-corrected chi connectivity index (χ0v) is 9.65. The largest absolute Gasteiger partial charge is 0.325 e. The van der Waals surface area contributed by atoms with E-state index in [4.69, 9.17) is 5.73 Å². The van der Waals surface area contributed by atoms with E-state index in [2.05, 4.69) is 9.97 Å². The summed E-state index contributed by atoms with van der Waals surface area (Å²) in [4.78, 5) is 8.42. The van der Waals surface area contributed by atoms with Crippen LogP contribution in [0.3, 0.4) is 0 Å². The van der Waals surface area contributed by atoms with E-state index in [0.717, 1.165) is 16.5 Å². The molecule has 2 N–H and O–H groups in total. The average Bonchev–Trinajstić information content (AvgIpc) is 2.38. The van der Waals surface area contributed by atoms with Gasteiger partial charge >= 0.3 is 0 Å². The molecule has 0 saturated carbocycles. The number of nitrogens with two attached hydrogens (primary N) is 1. The maximum atomic E-state index is 5.54. The van der Waals surface area contributed by atoms with Crippen LogP contribution < -0.4 is 5.73 Å². The third-order valence-electron chi connectivity index (χ3n) is 2.11. The van der Waals surface area contributed by atoms with Crippen molar-refractivity contribution in [1.82, 2.24) is 9.97 Å². The van der Waals surface area contributed by atoms with Crippen molar-refractivity contribution in [2.75, 3.05) is 0 Å². The van der Waals surface area contributed by atoms with Crippen LogP contribution in [-0.2, 0) is 12.3 Å². The van der Waals surface area contributed by atoms with Crippen LogP contribution in [0.25, 0.3) is 0 Å². The lowest BCUT2D eigenvalue weighted by Crippen LogP contribution is -1.99. The normalized spacial score (nSPS) is 10.3. The van der Waals surface area contributed by atoms with Crippen molar-refractivity contribution in [1.29, 1.82) is 0 Å². The van der Waals surface area contributed by atoms with E-state index in [0.29, 0.717) is 6.54 Å². The summed E-state index contributed by atoms with van der Waals surface area (Å²) in [5.74, 6) is 0.895. The Morgan fingerprint density at radius 1 is 1.12 bits per heavy atom. The van der Waals surface area contributed by atoms with E-state index in [1.165, 1.54) is 5.56 Å². The molecule has 0 bridgehead atoms. The van der Waals surface area contributed by atoms with Crippen LogP contribution in [0.15, 0.2) is 47.8 Å². The van der Waals surface area contributed by atoms with Gasteiger partial charge in [0.15, 0.2) is 0 Å². The van der Waals surface area contributed by atoms with Crippen molar-refractivity contribution in [2.45, 2.75) is 17.3 Å². The Morgan fingerprint density at radius 2 is 2.06 bits per heavy atom. The van der Waals surface area contributed by atoms with Crippen LogP contribution in [0.2, 0.25) is 0 Å². The standard InChI is InChI=1S/C12H13N3S/c13-8-11-7-10(4-6-14-11)9-16-12-3-1-2-5-15-12/h1-7H,8-9,13H2. The fourth-order valence-electron chi connectivity index (χ4n) is 1.32. The summed E-state index contributed by atoms with van der Waals surface area (Å²) < 4.78 is 0. The minimum absolute atomic E-state index is 0.488. The second kappa shape index (κ2) is 5.63. The number of hydrogen-bond donors (Lipinski definition) is 1. The van der Waals surface area contributed by atoms with Crippen molar-refractivity contribution < 1.29 is 0 Å². The summed E-state index contributed by atoms with van der Waals surface area (Å²) in [6.07, 6.45) is 3.61. The molecule has 0 saturated heterocycles. The first-order valence-electron chi connectivity index (χ1n) is 5.06.